The van der Waals surface area contributed by atoms with Crippen LogP contribution in [0.15, 0.2) is 45.8 Å². The molecule has 1 heterocycles. The maximum Gasteiger partial charge on any atom is 0.255 e. The molecule has 0 saturated heterocycles. The minimum absolute atomic E-state index is 0.303. The number of hydrogen-bond acceptors (Lipinski definition) is 3. The molecule has 5 nitrogen and oxygen atoms in total. The van der Waals surface area contributed by atoms with Crippen LogP contribution in [-0.4, -0.2) is 18.0 Å². The smallest absolute Gasteiger partial charge is 0.255 e. The van der Waals surface area contributed by atoms with Gasteiger partial charge in [0.15, 0.2) is 0 Å². The number of nitrogens with one attached hydrogen (secondary N) is 2. The molecule has 0 atom stereocenters. The Hall–Kier alpha value is -1.92. The first kappa shape index (κ1) is 14.5. The number of anilines is 1. The Morgan fingerprint density at radius 2 is 2.20 bits per heavy atom. The third-order valence-corrected chi connectivity index (χ3v) is 3.44. The van der Waals surface area contributed by atoms with Crippen molar-refractivity contribution in [2.45, 2.75) is 6.61 Å². The standard InChI is InChI=1S/C14H13BrN2O3/c1-20-8-10-11(15)3-2-4-12(10)17-14(19)9-5-6-16-13(18)7-9/h2-7H,8H2,1H3,(H,16,18)(H,17,19). The number of H-pyrrole nitrogens is 1. The Kier molecular flexibility index (Phi) is 4.70. The highest BCUT2D eigenvalue weighted by Gasteiger charge is 2.11. The Morgan fingerprint density at radius 1 is 1.40 bits per heavy atom. The Morgan fingerprint density at radius 3 is 2.90 bits per heavy atom. The fourth-order valence-corrected chi connectivity index (χ4v) is 2.23. The average molecular weight is 337 g/mol. The Balaban J connectivity index is 2.28. The van der Waals surface area contributed by atoms with Gasteiger partial charge in [-0.3, -0.25) is 9.59 Å². The van der Waals surface area contributed by atoms with E-state index in [0.717, 1.165) is 10.0 Å². The summed E-state index contributed by atoms with van der Waals surface area (Å²) in [6, 6.07) is 8.27. The second kappa shape index (κ2) is 6.49. The molecule has 0 aliphatic carbocycles. The second-order valence-corrected chi connectivity index (χ2v) is 4.95. The van der Waals surface area contributed by atoms with Gasteiger partial charge in [0, 0.05) is 40.7 Å². The summed E-state index contributed by atoms with van der Waals surface area (Å²) in [6.45, 7) is 0.367. The largest absolute Gasteiger partial charge is 0.380 e. The van der Waals surface area contributed by atoms with Crippen LogP contribution in [0.5, 0.6) is 0 Å². The number of methoxy groups -OCH3 is 1. The molecule has 0 saturated carbocycles. The maximum absolute atomic E-state index is 12.1. The first-order chi connectivity index (χ1) is 9.61. The van der Waals surface area contributed by atoms with E-state index < -0.39 is 0 Å². The van der Waals surface area contributed by atoms with Crippen LogP contribution in [0.25, 0.3) is 0 Å². The number of carbonyl (C=O) groups is 1. The van der Waals surface area contributed by atoms with Crippen LogP contribution in [0.4, 0.5) is 5.69 Å². The van der Waals surface area contributed by atoms with Crippen molar-refractivity contribution in [3.8, 4) is 0 Å². The Bertz CT molecular complexity index is 682. The van der Waals surface area contributed by atoms with Crippen LogP contribution in [0.3, 0.4) is 0 Å². The molecular formula is C14H13BrN2O3. The van der Waals surface area contributed by atoms with E-state index in [4.69, 9.17) is 4.74 Å². The lowest BCUT2D eigenvalue weighted by Gasteiger charge is -2.12. The van der Waals surface area contributed by atoms with Gasteiger partial charge < -0.3 is 15.0 Å². The monoisotopic (exact) mass is 336 g/mol. The van der Waals surface area contributed by atoms with Crippen molar-refractivity contribution < 1.29 is 9.53 Å². The number of pyridine rings is 1. The van der Waals surface area contributed by atoms with Gasteiger partial charge in [-0.25, -0.2) is 0 Å². The van der Waals surface area contributed by atoms with Crippen LogP contribution in [0.1, 0.15) is 15.9 Å². The minimum atomic E-state index is -0.341. The average Bonchev–Trinajstić information content (AvgIpc) is 2.42. The van der Waals surface area contributed by atoms with Crippen molar-refractivity contribution >= 4 is 27.5 Å². The third-order valence-electron chi connectivity index (χ3n) is 2.69. The van der Waals surface area contributed by atoms with Crippen LogP contribution in [-0.2, 0) is 11.3 Å². The van der Waals surface area contributed by atoms with E-state index in [-0.39, 0.29) is 11.5 Å². The Labute approximate surface area is 124 Å². The highest BCUT2D eigenvalue weighted by molar-refractivity contribution is 9.10. The lowest BCUT2D eigenvalue weighted by atomic mass is 10.1. The molecule has 0 aliphatic rings. The lowest BCUT2D eigenvalue weighted by molar-refractivity contribution is 0.102. The fourth-order valence-electron chi connectivity index (χ4n) is 1.75. The van der Waals surface area contributed by atoms with Crippen molar-refractivity contribution in [1.29, 1.82) is 0 Å². The molecule has 1 aromatic heterocycles. The van der Waals surface area contributed by atoms with Gasteiger partial charge in [-0.05, 0) is 18.2 Å². The number of halogens is 1. The molecule has 0 radical (unpaired) electrons. The van der Waals surface area contributed by atoms with Crippen molar-refractivity contribution in [2.24, 2.45) is 0 Å². The molecular weight excluding hydrogens is 324 g/mol. The summed E-state index contributed by atoms with van der Waals surface area (Å²) >= 11 is 3.42. The van der Waals surface area contributed by atoms with Crippen molar-refractivity contribution in [1.82, 2.24) is 4.98 Å². The molecule has 0 unspecified atom stereocenters. The quantitative estimate of drug-likeness (QED) is 0.901. The maximum atomic E-state index is 12.1. The van der Waals surface area contributed by atoms with E-state index >= 15 is 0 Å². The molecule has 104 valence electrons. The summed E-state index contributed by atoms with van der Waals surface area (Å²) in [6.07, 6.45) is 1.44. The van der Waals surface area contributed by atoms with Crippen LogP contribution in [0.2, 0.25) is 0 Å². The van der Waals surface area contributed by atoms with Gasteiger partial charge in [0.1, 0.15) is 0 Å². The molecule has 2 rings (SSSR count). The molecule has 0 bridgehead atoms. The van der Waals surface area contributed by atoms with E-state index in [0.29, 0.717) is 17.9 Å². The highest BCUT2D eigenvalue weighted by Crippen LogP contribution is 2.25. The molecule has 2 N–H and O–H groups in total. The lowest BCUT2D eigenvalue weighted by Crippen LogP contribution is -2.16. The topological polar surface area (TPSA) is 71.2 Å². The zero-order chi connectivity index (χ0) is 14.5. The molecule has 2 aromatic rings. The molecule has 20 heavy (non-hydrogen) atoms. The normalized spacial score (nSPS) is 10.3. The number of amides is 1. The van der Waals surface area contributed by atoms with Crippen molar-refractivity contribution in [2.75, 3.05) is 12.4 Å². The number of hydrogen-bond donors (Lipinski definition) is 2. The van der Waals surface area contributed by atoms with Gasteiger partial charge in [-0.2, -0.15) is 0 Å². The number of benzene rings is 1. The van der Waals surface area contributed by atoms with Gasteiger partial charge in [0.05, 0.1) is 6.61 Å². The summed E-state index contributed by atoms with van der Waals surface area (Å²) in [5.41, 5.74) is 1.47. The predicted molar refractivity (Wildman–Crippen MR) is 79.9 cm³/mol. The number of aromatic amines is 1. The molecule has 0 aliphatic heterocycles. The first-order valence-electron chi connectivity index (χ1n) is 5.88. The van der Waals surface area contributed by atoms with Gasteiger partial charge in [0.2, 0.25) is 5.56 Å². The van der Waals surface area contributed by atoms with Crippen LogP contribution in [0, 0.1) is 0 Å². The summed E-state index contributed by atoms with van der Waals surface area (Å²) in [7, 11) is 1.59. The van der Waals surface area contributed by atoms with Crippen LogP contribution >= 0.6 is 15.9 Å². The zero-order valence-electron chi connectivity index (χ0n) is 10.8. The zero-order valence-corrected chi connectivity index (χ0v) is 12.4. The van der Waals surface area contributed by atoms with E-state index in [1.165, 1.54) is 12.3 Å². The van der Waals surface area contributed by atoms with Crippen LogP contribution < -0.4 is 10.9 Å². The SMILES string of the molecule is COCc1c(Br)cccc1NC(=O)c1cc[nH]c(=O)c1. The van der Waals surface area contributed by atoms with Crippen molar-refractivity contribution in [3.63, 3.8) is 0 Å². The van der Waals surface area contributed by atoms with E-state index in [1.54, 1.807) is 19.2 Å². The molecule has 1 aromatic carbocycles. The predicted octanol–water partition coefficient (Wildman–Crippen LogP) is 2.54. The van der Waals surface area contributed by atoms with Crippen molar-refractivity contribution in [3.05, 3.63) is 62.5 Å². The molecule has 0 fully saturated rings. The van der Waals surface area contributed by atoms with Gasteiger partial charge in [0.25, 0.3) is 5.91 Å². The van der Waals surface area contributed by atoms with Gasteiger partial charge in [-0.15, -0.1) is 0 Å². The molecule has 6 heteroatoms. The van der Waals surface area contributed by atoms with Gasteiger partial charge >= 0.3 is 0 Å². The number of carbonyl (C=O) groups excluding carboxylic acids is 1. The summed E-state index contributed by atoms with van der Waals surface area (Å²) in [4.78, 5) is 25.8. The van der Waals surface area contributed by atoms with Gasteiger partial charge in [-0.1, -0.05) is 22.0 Å². The van der Waals surface area contributed by atoms with E-state index in [1.807, 2.05) is 12.1 Å². The summed E-state index contributed by atoms with van der Waals surface area (Å²) < 4.78 is 5.97. The number of ether oxygens (including phenoxy) is 1. The number of rotatable bonds is 4. The summed E-state index contributed by atoms with van der Waals surface area (Å²) in [5.74, 6) is -0.341. The second-order valence-electron chi connectivity index (χ2n) is 4.09. The highest BCUT2D eigenvalue weighted by atomic mass is 79.9. The summed E-state index contributed by atoms with van der Waals surface area (Å²) in [5, 5.41) is 2.78. The molecule has 0 spiro atoms. The number of aromatic nitrogens is 1. The third kappa shape index (κ3) is 3.34. The van der Waals surface area contributed by atoms with E-state index in [9.17, 15) is 9.59 Å². The minimum Gasteiger partial charge on any atom is -0.380 e. The first-order valence-corrected chi connectivity index (χ1v) is 6.67. The molecule has 1 amide bonds. The van der Waals surface area contributed by atoms with E-state index in [2.05, 4.69) is 26.2 Å². The fraction of sp³-hybridized carbons (Fsp3) is 0.143.